The summed E-state index contributed by atoms with van der Waals surface area (Å²) in [6.07, 6.45) is 12.4. The average molecular weight is 315 g/mol. The third-order valence-electron chi connectivity index (χ3n) is 7.87. The van der Waals surface area contributed by atoms with Gasteiger partial charge in [0.15, 0.2) is 0 Å². The lowest BCUT2D eigenvalue weighted by molar-refractivity contribution is -0.110. The van der Waals surface area contributed by atoms with E-state index in [4.69, 9.17) is 5.73 Å². The zero-order valence-corrected chi connectivity index (χ0v) is 14.2. The van der Waals surface area contributed by atoms with Crippen LogP contribution in [0.4, 0.5) is 0 Å². The molecule has 0 aliphatic heterocycles. The third-order valence-corrected chi connectivity index (χ3v) is 7.87. The Morgan fingerprint density at radius 1 is 1.30 bits per heavy atom. The van der Waals surface area contributed by atoms with E-state index >= 15 is 0 Å². The number of aldehydes is 1. The van der Waals surface area contributed by atoms with Crippen molar-refractivity contribution in [3.05, 3.63) is 23.8 Å². The number of hydrogen-bond acceptors (Lipinski definition) is 3. The SMILES string of the molecule is C[C@]12C[C@@H](O)[C@H]3[C@@H](CCC4=CC(C=O)C=C[C@@]43C)[C@@H]1CC[C@@H]2N. The molecule has 1 unspecified atom stereocenters. The predicted octanol–water partition coefficient (Wildman–Crippen LogP) is 2.84. The number of aliphatic hydroxyl groups is 1. The van der Waals surface area contributed by atoms with Crippen LogP contribution in [0.25, 0.3) is 0 Å². The first-order chi connectivity index (χ1) is 10.9. The summed E-state index contributed by atoms with van der Waals surface area (Å²) >= 11 is 0. The fourth-order valence-electron chi connectivity index (χ4n) is 6.61. The third kappa shape index (κ3) is 1.99. The molecular formula is C20H29NO2. The van der Waals surface area contributed by atoms with E-state index in [-0.39, 0.29) is 34.8 Å². The fraction of sp³-hybridized carbons (Fsp3) is 0.750. The van der Waals surface area contributed by atoms with Crippen molar-refractivity contribution in [3.8, 4) is 0 Å². The first-order valence-corrected chi connectivity index (χ1v) is 9.19. The van der Waals surface area contributed by atoms with Gasteiger partial charge in [-0.25, -0.2) is 0 Å². The molecule has 23 heavy (non-hydrogen) atoms. The van der Waals surface area contributed by atoms with Crippen molar-refractivity contribution >= 4 is 6.29 Å². The maximum absolute atomic E-state index is 11.2. The van der Waals surface area contributed by atoms with E-state index in [1.807, 2.05) is 6.08 Å². The Balaban J connectivity index is 1.73. The van der Waals surface area contributed by atoms with Crippen LogP contribution in [0.1, 0.15) is 46.0 Å². The average Bonchev–Trinajstić information content (AvgIpc) is 2.81. The number of nitrogens with two attached hydrogens (primary N) is 1. The minimum absolute atomic E-state index is 0.0828. The highest BCUT2D eigenvalue weighted by Crippen LogP contribution is 2.64. The molecule has 0 heterocycles. The normalized spacial score (nSPS) is 54.7. The van der Waals surface area contributed by atoms with E-state index in [1.165, 1.54) is 12.0 Å². The molecule has 3 nitrogen and oxygen atoms in total. The Hall–Kier alpha value is -0.930. The summed E-state index contributed by atoms with van der Waals surface area (Å²) in [5.74, 6) is 1.38. The zero-order chi connectivity index (χ0) is 16.4. The van der Waals surface area contributed by atoms with Crippen LogP contribution in [-0.4, -0.2) is 23.5 Å². The molecule has 0 radical (unpaired) electrons. The van der Waals surface area contributed by atoms with Gasteiger partial charge in [0.25, 0.3) is 0 Å². The van der Waals surface area contributed by atoms with Crippen molar-refractivity contribution in [1.82, 2.24) is 0 Å². The highest BCUT2D eigenvalue weighted by Gasteiger charge is 2.60. The molecule has 3 fully saturated rings. The van der Waals surface area contributed by atoms with Crippen LogP contribution in [0, 0.1) is 34.5 Å². The zero-order valence-electron chi connectivity index (χ0n) is 14.2. The Labute approximate surface area is 139 Å². The maximum Gasteiger partial charge on any atom is 0.130 e. The molecule has 3 N–H and O–H groups in total. The summed E-state index contributed by atoms with van der Waals surface area (Å²) in [4.78, 5) is 11.2. The summed E-state index contributed by atoms with van der Waals surface area (Å²) in [6, 6.07) is 0.231. The molecule has 4 aliphatic carbocycles. The monoisotopic (exact) mass is 315 g/mol. The van der Waals surface area contributed by atoms with E-state index in [0.29, 0.717) is 11.8 Å². The van der Waals surface area contributed by atoms with Gasteiger partial charge >= 0.3 is 0 Å². The van der Waals surface area contributed by atoms with Crippen LogP contribution in [0.15, 0.2) is 23.8 Å². The molecule has 0 bridgehead atoms. The number of carbonyl (C=O) groups excluding carboxylic acids is 1. The van der Waals surface area contributed by atoms with E-state index in [1.54, 1.807) is 0 Å². The van der Waals surface area contributed by atoms with E-state index < -0.39 is 0 Å². The highest BCUT2D eigenvalue weighted by molar-refractivity contribution is 5.62. The van der Waals surface area contributed by atoms with Crippen molar-refractivity contribution in [1.29, 1.82) is 0 Å². The van der Waals surface area contributed by atoms with Gasteiger partial charge in [0.05, 0.1) is 12.0 Å². The van der Waals surface area contributed by atoms with Crippen molar-refractivity contribution in [2.45, 2.75) is 58.1 Å². The standard InChI is InChI=1S/C20H29NO2/c1-19-8-7-12(11-22)9-13(19)3-4-14-15-5-6-17(21)20(15,2)10-16(23)18(14)19/h7-9,11-12,14-18,23H,3-6,10,21H2,1-2H3/t12?,14-,15-,16+,17-,18+,19-,20-/m0/s1. The Kier molecular flexibility index (Phi) is 3.41. The van der Waals surface area contributed by atoms with E-state index in [2.05, 4.69) is 26.0 Å². The molecule has 3 heteroatoms. The Bertz CT molecular complexity index is 582. The van der Waals surface area contributed by atoms with Crippen molar-refractivity contribution in [2.24, 2.45) is 40.2 Å². The number of hydrogen-bond donors (Lipinski definition) is 2. The predicted molar refractivity (Wildman–Crippen MR) is 90.5 cm³/mol. The lowest BCUT2D eigenvalue weighted by Crippen LogP contribution is -2.57. The molecule has 4 aliphatic rings. The Morgan fingerprint density at radius 2 is 2.09 bits per heavy atom. The molecule has 4 rings (SSSR count). The van der Waals surface area contributed by atoms with Gasteiger partial charge in [-0.3, -0.25) is 0 Å². The maximum atomic E-state index is 11.2. The van der Waals surface area contributed by atoms with Gasteiger partial charge in [0.1, 0.15) is 6.29 Å². The molecule has 0 spiro atoms. The van der Waals surface area contributed by atoms with E-state index in [9.17, 15) is 9.90 Å². The Morgan fingerprint density at radius 3 is 2.83 bits per heavy atom. The molecule has 0 amide bonds. The summed E-state index contributed by atoms with van der Waals surface area (Å²) in [5, 5.41) is 11.1. The van der Waals surface area contributed by atoms with Gasteiger partial charge in [-0.15, -0.1) is 0 Å². The molecule has 8 atom stereocenters. The second-order valence-corrected chi connectivity index (χ2v) is 8.84. The highest BCUT2D eigenvalue weighted by atomic mass is 16.3. The van der Waals surface area contributed by atoms with Gasteiger partial charge in [0, 0.05) is 17.4 Å². The summed E-state index contributed by atoms with van der Waals surface area (Å²) in [6.45, 7) is 4.58. The van der Waals surface area contributed by atoms with Crippen molar-refractivity contribution in [3.63, 3.8) is 0 Å². The number of aliphatic hydroxyl groups excluding tert-OH is 1. The number of fused-ring (bicyclic) bond motifs is 5. The fourth-order valence-corrected chi connectivity index (χ4v) is 6.61. The summed E-state index contributed by atoms with van der Waals surface area (Å²) in [5.41, 5.74) is 7.81. The second-order valence-electron chi connectivity index (χ2n) is 8.84. The largest absolute Gasteiger partial charge is 0.393 e. The molecule has 3 saturated carbocycles. The van der Waals surface area contributed by atoms with Gasteiger partial charge in [-0.1, -0.05) is 37.6 Å². The minimum Gasteiger partial charge on any atom is -0.393 e. The number of carbonyl (C=O) groups is 1. The molecule has 0 aromatic rings. The van der Waals surface area contributed by atoms with Gasteiger partial charge in [0.2, 0.25) is 0 Å². The lowest BCUT2D eigenvalue weighted by Gasteiger charge is -2.58. The molecule has 0 aromatic heterocycles. The molecule has 0 aromatic carbocycles. The smallest absolute Gasteiger partial charge is 0.130 e. The lowest BCUT2D eigenvalue weighted by atomic mass is 9.47. The second kappa shape index (κ2) is 5.03. The molecular weight excluding hydrogens is 286 g/mol. The van der Waals surface area contributed by atoms with Gasteiger partial charge < -0.3 is 15.6 Å². The van der Waals surface area contributed by atoms with Gasteiger partial charge in [-0.05, 0) is 49.4 Å². The van der Waals surface area contributed by atoms with Crippen LogP contribution in [0.5, 0.6) is 0 Å². The molecule has 0 saturated heterocycles. The van der Waals surface area contributed by atoms with Crippen LogP contribution in [0.3, 0.4) is 0 Å². The van der Waals surface area contributed by atoms with Crippen LogP contribution < -0.4 is 5.73 Å². The number of allylic oxidation sites excluding steroid dienone is 4. The summed E-state index contributed by atoms with van der Waals surface area (Å²) in [7, 11) is 0. The minimum atomic E-state index is -0.295. The van der Waals surface area contributed by atoms with Gasteiger partial charge in [-0.2, -0.15) is 0 Å². The van der Waals surface area contributed by atoms with Crippen LogP contribution in [0.2, 0.25) is 0 Å². The topological polar surface area (TPSA) is 63.3 Å². The van der Waals surface area contributed by atoms with Crippen LogP contribution in [-0.2, 0) is 4.79 Å². The summed E-state index contributed by atoms with van der Waals surface area (Å²) < 4.78 is 0. The first-order valence-electron chi connectivity index (χ1n) is 9.19. The molecule has 126 valence electrons. The number of rotatable bonds is 1. The quantitative estimate of drug-likeness (QED) is 0.578. The van der Waals surface area contributed by atoms with Crippen molar-refractivity contribution in [2.75, 3.05) is 0 Å². The van der Waals surface area contributed by atoms with E-state index in [0.717, 1.165) is 32.0 Å². The first kappa shape index (κ1) is 15.6. The van der Waals surface area contributed by atoms with Crippen molar-refractivity contribution < 1.29 is 9.90 Å². The van der Waals surface area contributed by atoms with Crippen LogP contribution >= 0.6 is 0 Å².